The quantitative estimate of drug-likeness (QED) is 0.182. The molecule has 1 saturated carbocycles. The normalized spacial score (nSPS) is 23.7. The number of nitrogens with zero attached hydrogens (tertiary/aromatic N) is 2. The Kier molecular flexibility index (Phi) is 4.30. The van der Waals surface area contributed by atoms with Crippen molar-refractivity contribution in [1.29, 1.82) is 0 Å². The molecule has 0 radical (unpaired) electrons. The first-order valence-corrected chi connectivity index (χ1v) is 15.7. The number of fused-ring (bicyclic) bond motifs is 10. The topological polar surface area (TPSA) is 8.17 Å². The first kappa shape index (κ1) is 24.2. The van der Waals surface area contributed by atoms with E-state index >= 15 is 0 Å². The maximum Gasteiger partial charge on any atom is 0.252 e. The minimum atomic E-state index is 0.0452. The van der Waals surface area contributed by atoms with E-state index in [1.165, 1.54) is 97.6 Å². The Bertz CT molecular complexity index is 2010. The zero-order chi connectivity index (χ0) is 28.2. The van der Waals surface area contributed by atoms with Crippen LogP contribution in [0.4, 0.5) is 11.4 Å². The molecular formula is C38H39BN2. The summed E-state index contributed by atoms with van der Waals surface area (Å²) in [5.74, 6) is 0. The predicted octanol–water partition coefficient (Wildman–Crippen LogP) is 7.58. The molecule has 9 rings (SSSR count). The number of para-hydroxylation sites is 1. The summed E-state index contributed by atoms with van der Waals surface area (Å²) in [5, 5.41) is 2.78. The van der Waals surface area contributed by atoms with E-state index in [0.717, 1.165) is 0 Å². The van der Waals surface area contributed by atoms with Gasteiger partial charge in [0.25, 0.3) is 6.71 Å². The molecule has 4 heterocycles. The molecule has 0 N–H and O–H groups in total. The lowest BCUT2D eigenvalue weighted by atomic mass is 9.33. The van der Waals surface area contributed by atoms with Crippen LogP contribution < -0.4 is 21.3 Å². The van der Waals surface area contributed by atoms with Crippen LogP contribution in [-0.2, 0) is 10.8 Å². The molecule has 1 aliphatic carbocycles. The second-order valence-electron chi connectivity index (χ2n) is 15.1. The van der Waals surface area contributed by atoms with Crippen molar-refractivity contribution in [2.45, 2.75) is 90.5 Å². The summed E-state index contributed by atoms with van der Waals surface area (Å²) in [6.07, 6.45) is 5.13. The molecule has 5 aromatic rings. The lowest BCUT2D eigenvalue weighted by Gasteiger charge is -2.52. The number of hydrogen-bond donors (Lipinski definition) is 0. The average Bonchev–Trinajstić information content (AvgIpc) is 3.35. The van der Waals surface area contributed by atoms with Gasteiger partial charge < -0.3 is 9.47 Å². The van der Waals surface area contributed by atoms with Crippen LogP contribution in [0.5, 0.6) is 0 Å². The lowest BCUT2D eigenvalue weighted by molar-refractivity contribution is 0.195. The molecule has 41 heavy (non-hydrogen) atoms. The third-order valence-corrected chi connectivity index (χ3v) is 11.7. The first-order valence-electron chi connectivity index (χ1n) is 15.7. The van der Waals surface area contributed by atoms with Crippen molar-refractivity contribution >= 4 is 56.3 Å². The summed E-state index contributed by atoms with van der Waals surface area (Å²) in [6.45, 7) is 17.1. The summed E-state index contributed by atoms with van der Waals surface area (Å²) in [4.78, 5) is 2.86. The Balaban J connectivity index is 1.52. The highest BCUT2D eigenvalue weighted by molar-refractivity contribution is 7.00. The number of rotatable bonds is 0. The van der Waals surface area contributed by atoms with Crippen molar-refractivity contribution in [3.05, 3.63) is 82.9 Å². The van der Waals surface area contributed by atoms with E-state index in [4.69, 9.17) is 0 Å². The molecule has 0 bridgehead atoms. The summed E-state index contributed by atoms with van der Waals surface area (Å²) >= 11 is 0. The molecule has 4 aliphatic rings. The van der Waals surface area contributed by atoms with Crippen LogP contribution in [0.2, 0.25) is 0 Å². The molecule has 2 unspecified atom stereocenters. The van der Waals surface area contributed by atoms with Crippen molar-refractivity contribution in [2.75, 3.05) is 4.90 Å². The number of benzene rings is 4. The van der Waals surface area contributed by atoms with Crippen molar-refractivity contribution in [3.63, 3.8) is 0 Å². The molecule has 0 spiro atoms. The third kappa shape index (κ3) is 2.68. The minimum absolute atomic E-state index is 0.0452. The molecule has 2 atom stereocenters. The van der Waals surface area contributed by atoms with Gasteiger partial charge in [-0.2, -0.15) is 0 Å². The zero-order valence-corrected chi connectivity index (χ0v) is 25.6. The van der Waals surface area contributed by atoms with Crippen molar-refractivity contribution < 1.29 is 0 Å². The van der Waals surface area contributed by atoms with E-state index in [1.54, 1.807) is 5.56 Å². The lowest BCUT2D eigenvalue weighted by Crippen LogP contribution is -2.64. The first-order chi connectivity index (χ1) is 19.5. The number of anilines is 2. The van der Waals surface area contributed by atoms with Crippen LogP contribution in [0.25, 0.3) is 27.5 Å². The highest BCUT2D eigenvalue weighted by atomic mass is 15.3. The van der Waals surface area contributed by atoms with Gasteiger partial charge in [0.1, 0.15) is 0 Å². The van der Waals surface area contributed by atoms with Gasteiger partial charge in [0.2, 0.25) is 0 Å². The van der Waals surface area contributed by atoms with E-state index in [9.17, 15) is 0 Å². The van der Waals surface area contributed by atoms with Crippen LogP contribution >= 0.6 is 0 Å². The maximum atomic E-state index is 2.86. The summed E-state index contributed by atoms with van der Waals surface area (Å²) in [5.41, 5.74) is 17.5. The summed E-state index contributed by atoms with van der Waals surface area (Å²) < 4.78 is 2.64. The number of hydrogen-bond acceptors (Lipinski definition) is 1. The second kappa shape index (κ2) is 7.30. The third-order valence-electron chi connectivity index (χ3n) is 11.7. The fourth-order valence-electron chi connectivity index (χ4n) is 9.51. The molecule has 1 fully saturated rings. The Morgan fingerprint density at radius 3 is 2.34 bits per heavy atom. The molecule has 1 aromatic heterocycles. The minimum Gasteiger partial charge on any atom is -0.335 e. The SMILES string of the molecule is Cc1ccc2c(c1)c1cc(C)cc3c1n2-c1cc(C(C)(C)C)cc2c1B3c1cccc3c1N2C1(C)CCCCC31C. The van der Waals surface area contributed by atoms with Crippen LogP contribution in [0, 0.1) is 13.8 Å². The molecular weight excluding hydrogens is 495 g/mol. The van der Waals surface area contributed by atoms with Gasteiger partial charge in [-0.3, -0.25) is 0 Å². The number of aromatic nitrogens is 1. The van der Waals surface area contributed by atoms with Crippen molar-refractivity contribution in [3.8, 4) is 5.69 Å². The molecule has 204 valence electrons. The van der Waals surface area contributed by atoms with Gasteiger partial charge in [-0.1, -0.05) is 82.0 Å². The average molecular weight is 535 g/mol. The predicted molar refractivity (Wildman–Crippen MR) is 176 cm³/mol. The summed E-state index contributed by atoms with van der Waals surface area (Å²) in [7, 11) is 0. The van der Waals surface area contributed by atoms with Gasteiger partial charge in [0, 0.05) is 38.8 Å². The van der Waals surface area contributed by atoms with E-state index in [1.807, 2.05) is 0 Å². The van der Waals surface area contributed by atoms with E-state index in [2.05, 4.69) is 119 Å². The van der Waals surface area contributed by atoms with Gasteiger partial charge in [-0.25, -0.2) is 0 Å². The Morgan fingerprint density at radius 1 is 0.780 bits per heavy atom. The van der Waals surface area contributed by atoms with Gasteiger partial charge in [-0.15, -0.1) is 0 Å². The monoisotopic (exact) mass is 534 g/mol. The van der Waals surface area contributed by atoms with Crippen LogP contribution in [0.15, 0.2) is 60.7 Å². The van der Waals surface area contributed by atoms with E-state index < -0.39 is 0 Å². The van der Waals surface area contributed by atoms with Gasteiger partial charge >= 0.3 is 0 Å². The Labute approximate surface area is 244 Å². The smallest absolute Gasteiger partial charge is 0.252 e. The molecule has 4 aromatic carbocycles. The second-order valence-corrected chi connectivity index (χ2v) is 15.1. The van der Waals surface area contributed by atoms with E-state index in [-0.39, 0.29) is 23.1 Å². The molecule has 3 aliphatic heterocycles. The molecule has 0 saturated heterocycles. The fraction of sp³-hybridized carbons (Fsp3) is 0.368. The van der Waals surface area contributed by atoms with Gasteiger partial charge in [-0.05, 0) is 96.9 Å². The fourth-order valence-corrected chi connectivity index (χ4v) is 9.51. The highest BCUT2D eigenvalue weighted by Gasteiger charge is 2.61. The summed E-state index contributed by atoms with van der Waals surface area (Å²) in [6, 6.07) is 24.4. The largest absolute Gasteiger partial charge is 0.335 e. The van der Waals surface area contributed by atoms with Crippen molar-refractivity contribution in [1.82, 2.24) is 4.57 Å². The van der Waals surface area contributed by atoms with Crippen LogP contribution in [0.1, 0.15) is 82.6 Å². The maximum absolute atomic E-state index is 2.86. The van der Waals surface area contributed by atoms with Crippen LogP contribution in [0.3, 0.4) is 0 Å². The van der Waals surface area contributed by atoms with Crippen molar-refractivity contribution in [2.24, 2.45) is 0 Å². The van der Waals surface area contributed by atoms with Gasteiger partial charge in [0.05, 0.1) is 11.1 Å². The molecule has 0 amide bonds. The Hall–Kier alpha value is -3.46. The van der Waals surface area contributed by atoms with E-state index in [0.29, 0.717) is 0 Å². The Morgan fingerprint density at radius 2 is 1.54 bits per heavy atom. The highest BCUT2D eigenvalue weighted by Crippen LogP contribution is 2.61. The molecule has 2 nitrogen and oxygen atoms in total. The zero-order valence-electron chi connectivity index (χ0n) is 25.6. The van der Waals surface area contributed by atoms with Crippen LogP contribution in [-0.4, -0.2) is 16.8 Å². The molecule has 3 heteroatoms. The van der Waals surface area contributed by atoms with Gasteiger partial charge in [0.15, 0.2) is 0 Å². The number of aryl methyl sites for hydroxylation is 2. The standard InChI is InChI=1S/C38H39BN2/c1-22-13-14-30-25(17-22)26-18-23(2)19-29-34(26)40(30)31-20-24(36(3,4)5)21-32-33(31)39(29)28-12-10-11-27-35(28)41(32)38(7)16-9-8-15-37(27,38)6/h10-14,17-21H,8-9,15-16H2,1-7H3.